The zero-order valence-corrected chi connectivity index (χ0v) is 17.7. The second-order valence-electron chi connectivity index (χ2n) is 7.71. The fraction of sp³-hybridized carbons (Fsp3) is 0.409. The standard InChI is InChI=1S/C22H25NO4S/c1-6-18-20(23-21(28-18)14-7-9-15(26-5)10-8-14)19-16(25)11-22(3,4)12-17(19)27-13(2)24/h7-10H,6,11-12H2,1-5H3. The van der Waals surface area contributed by atoms with Crippen molar-refractivity contribution in [3.05, 3.63) is 40.6 Å². The Kier molecular flexibility index (Phi) is 5.70. The first-order chi connectivity index (χ1) is 13.2. The van der Waals surface area contributed by atoms with Crippen LogP contribution in [0.25, 0.3) is 16.1 Å². The average Bonchev–Trinajstić information content (AvgIpc) is 3.03. The molecule has 0 fully saturated rings. The second kappa shape index (κ2) is 7.87. The molecule has 6 heteroatoms. The number of hydrogen-bond donors (Lipinski definition) is 0. The number of carbonyl (C=O) groups excluding carboxylic acids is 2. The van der Waals surface area contributed by atoms with Crippen LogP contribution in [-0.4, -0.2) is 23.8 Å². The molecule has 0 saturated heterocycles. The highest BCUT2D eigenvalue weighted by Gasteiger charge is 2.37. The Morgan fingerprint density at radius 1 is 1.21 bits per heavy atom. The molecule has 1 aromatic carbocycles. The van der Waals surface area contributed by atoms with Gasteiger partial charge in [-0.1, -0.05) is 20.8 Å². The van der Waals surface area contributed by atoms with Crippen LogP contribution in [0.5, 0.6) is 5.75 Å². The zero-order chi connectivity index (χ0) is 20.5. The monoisotopic (exact) mass is 399 g/mol. The molecule has 0 saturated carbocycles. The molecule has 1 aliphatic rings. The van der Waals surface area contributed by atoms with Crippen LogP contribution in [0.3, 0.4) is 0 Å². The minimum absolute atomic E-state index is 0.0196. The Balaban J connectivity index is 2.11. The molecule has 28 heavy (non-hydrogen) atoms. The topological polar surface area (TPSA) is 65.5 Å². The summed E-state index contributed by atoms with van der Waals surface area (Å²) >= 11 is 1.56. The number of methoxy groups -OCH3 is 1. The normalized spacial score (nSPS) is 16.2. The maximum Gasteiger partial charge on any atom is 0.307 e. The molecule has 0 bridgehead atoms. The van der Waals surface area contributed by atoms with E-state index in [1.54, 1.807) is 18.4 Å². The summed E-state index contributed by atoms with van der Waals surface area (Å²) < 4.78 is 10.7. The van der Waals surface area contributed by atoms with Crippen LogP contribution in [0.15, 0.2) is 30.0 Å². The Morgan fingerprint density at radius 3 is 2.46 bits per heavy atom. The van der Waals surface area contributed by atoms with Crippen LogP contribution in [-0.2, 0) is 20.7 Å². The molecule has 0 spiro atoms. The zero-order valence-electron chi connectivity index (χ0n) is 16.9. The van der Waals surface area contributed by atoms with Gasteiger partial charge in [0.25, 0.3) is 0 Å². The minimum Gasteiger partial charge on any atom is -0.497 e. The lowest BCUT2D eigenvalue weighted by atomic mass is 9.75. The summed E-state index contributed by atoms with van der Waals surface area (Å²) in [7, 11) is 1.63. The number of aryl methyl sites for hydroxylation is 1. The van der Waals surface area contributed by atoms with Crippen LogP contribution in [0.4, 0.5) is 0 Å². The van der Waals surface area contributed by atoms with Crippen molar-refractivity contribution in [2.24, 2.45) is 5.41 Å². The molecular weight excluding hydrogens is 374 g/mol. The van der Waals surface area contributed by atoms with Crippen molar-refractivity contribution in [2.45, 2.75) is 47.0 Å². The molecule has 1 aromatic heterocycles. The number of allylic oxidation sites excluding steroid dienone is 2. The van der Waals surface area contributed by atoms with Gasteiger partial charge in [0.05, 0.1) is 18.4 Å². The largest absolute Gasteiger partial charge is 0.497 e. The lowest BCUT2D eigenvalue weighted by molar-refractivity contribution is -0.137. The molecule has 0 aliphatic heterocycles. The van der Waals surface area contributed by atoms with Gasteiger partial charge in [0.1, 0.15) is 16.5 Å². The van der Waals surface area contributed by atoms with Gasteiger partial charge in [0.2, 0.25) is 0 Å². The van der Waals surface area contributed by atoms with Gasteiger partial charge in [0.15, 0.2) is 5.78 Å². The van der Waals surface area contributed by atoms with Crippen molar-refractivity contribution in [1.82, 2.24) is 4.98 Å². The number of Topliss-reactive ketones (excluding diaryl/α,β-unsaturated/α-hetero) is 1. The molecule has 2 aromatic rings. The summed E-state index contributed by atoms with van der Waals surface area (Å²) in [5, 5.41) is 0.835. The minimum atomic E-state index is -0.415. The molecule has 0 N–H and O–H groups in total. The van der Waals surface area contributed by atoms with Crippen LogP contribution < -0.4 is 4.74 Å². The van der Waals surface area contributed by atoms with E-state index in [2.05, 4.69) is 0 Å². The quantitative estimate of drug-likeness (QED) is 0.659. The van der Waals surface area contributed by atoms with Gasteiger partial charge >= 0.3 is 5.97 Å². The number of ketones is 1. The number of ether oxygens (including phenoxy) is 2. The number of nitrogens with zero attached hydrogens (tertiary/aromatic N) is 1. The molecule has 1 aliphatic carbocycles. The molecule has 5 nitrogen and oxygen atoms in total. The third kappa shape index (κ3) is 4.17. The van der Waals surface area contributed by atoms with Crippen molar-refractivity contribution in [1.29, 1.82) is 0 Å². The van der Waals surface area contributed by atoms with E-state index >= 15 is 0 Å². The van der Waals surface area contributed by atoms with Gasteiger partial charge in [-0.3, -0.25) is 9.59 Å². The van der Waals surface area contributed by atoms with E-state index in [1.165, 1.54) is 6.92 Å². The van der Waals surface area contributed by atoms with Gasteiger partial charge in [-0.05, 0) is 36.1 Å². The van der Waals surface area contributed by atoms with E-state index in [9.17, 15) is 9.59 Å². The van der Waals surface area contributed by atoms with Crippen molar-refractivity contribution < 1.29 is 19.1 Å². The third-order valence-corrected chi connectivity index (χ3v) is 5.94. The number of benzene rings is 1. The third-order valence-electron chi connectivity index (χ3n) is 4.70. The predicted molar refractivity (Wildman–Crippen MR) is 110 cm³/mol. The fourth-order valence-corrected chi connectivity index (χ4v) is 4.45. The predicted octanol–water partition coefficient (Wildman–Crippen LogP) is 5.04. The van der Waals surface area contributed by atoms with Gasteiger partial charge in [-0.15, -0.1) is 11.3 Å². The van der Waals surface area contributed by atoms with Crippen molar-refractivity contribution in [2.75, 3.05) is 7.11 Å². The van der Waals surface area contributed by atoms with Gasteiger partial charge < -0.3 is 9.47 Å². The van der Waals surface area contributed by atoms with Crippen LogP contribution >= 0.6 is 11.3 Å². The Bertz CT molecular complexity index is 938. The van der Waals surface area contributed by atoms with E-state index in [0.29, 0.717) is 29.9 Å². The van der Waals surface area contributed by atoms with Gasteiger partial charge in [0, 0.05) is 30.2 Å². The summed E-state index contributed by atoms with van der Waals surface area (Å²) in [4.78, 5) is 30.5. The maximum absolute atomic E-state index is 13.0. The van der Waals surface area contributed by atoms with E-state index in [4.69, 9.17) is 14.5 Å². The first kappa shape index (κ1) is 20.3. The molecule has 0 unspecified atom stereocenters. The number of esters is 1. The Labute approximate surface area is 169 Å². The summed E-state index contributed by atoms with van der Waals surface area (Å²) in [6, 6.07) is 7.68. The van der Waals surface area contributed by atoms with Crippen molar-refractivity contribution >= 4 is 28.7 Å². The summed E-state index contributed by atoms with van der Waals surface area (Å²) in [5.74, 6) is 0.784. The van der Waals surface area contributed by atoms with Crippen LogP contribution in [0.1, 0.15) is 51.1 Å². The van der Waals surface area contributed by atoms with Crippen molar-refractivity contribution in [3.8, 4) is 16.3 Å². The summed E-state index contributed by atoms with van der Waals surface area (Å²) in [6.07, 6.45) is 1.69. The SMILES string of the molecule is CCc1sc(-c2ccc(OC)cc2)nc1C1=C(OC(C)=O)CC(C)(C)CC1=O. The van der Waals surface area contributed by atoms with Gasteiger partial charge in [-0.2, -0.15) is 0 Å². The van der Waals surface area contributed by atoms with E-state index in [-0.39, 0.29) is 11.2 Å². The molecule has 1 heterocycles. The van der Waals surface area contributed by atoms with E-state index in [1.807, 2.05) is 45.0 Å². The highest BCUT2D eigenvalue weighted by atomic mass is 32.1. The smallest absolute Gasteiger partial charge is 0.307 e. The Morgan fingerprint density at radius 2 is 1.89 bits per heavy atom. The number of hydrogen-bond acceptors (Lipinski definition) is 6. The van der Waals surface area contributed by atoms with E-state index < -0.39 is 5.97 Å². The molecule has 148 valence electrons. The average molecular weight is 400 g/mol. The Hall–Kier alpha value is -2.47. The number of thiazole rings is 1. The highest BCUT2D eigenvalue weighted by Crippen LogP contribution is 2.43. The second-order valence-corrected chi connectivity index (χ2v) is 8.79. The molecule has 0 amide bonds. The molecule has 0 radical (unpaired) electrons. The molecule has 0 atom stereocenters. The number of carbonyl (C=O) groups is 2. The first-order valence-corrected chi connectivity index (χ1v) is 10.1. The highest BCUT2D eigenvalue weighted by molar-refractivity contribution is 7.15. The van der Waals surface area contributed by atoms with E-state index in [0.717, 1.165) is 27.6 Å². The summed E-state index contributed by atoms with van der Waals surface area (Å²) in [6.45, 7) is 7.42. The first-order valence-electron chi connectivity index (χ1n) is 9.33. The van der Waals surface area contributed by atoms with Crippen molar-refractivity contribution in [3.63, 3.8) is 0 Å². The van der Waals surface area contributed by atoms with Crippen LogP contribution in [0.2, 0.25) is 0 Å². The summed E-state index contributed by atoms with van der Waals surface area (Å²) in [5.41, 5.74) is 1.83. The van der Waals surface area contributed by atoms with Gasteiger partial charge in [-0.25, -0.2) is 4.98 Å². The maximum atomic E-state index is 13.0. The van der Waals surface area contributed by atoms with Crippen LogP contribution in [0, 0.1) is 5.41 Å². The fourth-order valence-electron chi connectivity index (χ4n) is 3.43. The lowest BCUT2D eigenvalue weighted by Crippen LogP contribution is -2.27. The molecule has 3 rings (SSSR count). The number of rotatable bonds is 5. The molecular formula is C22H25NO4S. The lowest BCUT2D eigenvalue weighted by Gasteiger charge is -2.31. The number of aromatic nitrogens is 1.